The number of halogens is 2. The van der Waals surface area contributed by atoms with Crippen LogP contribution in [0.4, 0.5) is 0 Å². The van der Waals surface area contributed by atoms with Crippen molar-refractivity contribution in [3.8, 4) is 0 Å². The van der Waals surface area contributed by atoms with Gasteiger partial charge in [0.25, 0.3) is 0 Å². The van der Waals surface area contributed by atoms with Crippen LogP contribution in [0, 0.1) is 0 Å². The molecule has 18 heavy (non-hydrogen) atoms. The first-order valence-electron chi connectivity index (χ1n) is 5.74. The summed E-state index contributed by atoms with van der Waals surface area (Å²) in [5.74, 6) is 0.328. The van der Waals surface area contributed by atoms with Crippen LogP contribution in [0.1, 0.15) is 32.1 Å². The van der Waals surface area contributed by atoms with Crippen LogP contribution in [0.15, 0.2) is 14.7 Å². The summed E-state index contributed by atoms with van der Waals surface area (Å²) < 4.78 is 27.3. The van der Waals surface area contributed by atoms with Crippen molar-refractivity contribution in [3.05, 3.63) is 14.7 Å². The van der Waals surface area contributed by atoms with Crippen LogP contribution in [0.25, 0.3) is 0 Å². The molecule has 0 aliphatic carbocycles. The van der Waals surface area contributed by atoms with Crippen LogP contribution in [0.5, 0.6) is 0 Å². The van der Waals surface area contributed by atoms with Crippen LogP contribution in [0.3, 0.4) is 0 Å². The molecule has 1 aromatic heterocycles. The SMILES string of the molecule is CCC(C)N(CC)S(=O)(=O)c1cc(CCl)sc1Br. The molecule has 0 aromatic carbocycles. The number of nitrogens with zero attached hydrogens (tertiary/aromatic N) is 1. The van der Waals surface area contributed by atoms with Crippen molar-refractivity contribution >= 4 is 48.9 Å². The Morgan fingerprint density at radius 3 is 2.50 bits per heavy atom. The molecule has 3 nitrogen and oxygen atoms in total. The van der Waals surface area contributed by atoms with Crippen molar-refractivity contribution in [2.45, 2.75) is 44.0 Å². The third-order valence-electron chi connectivity index (χ3n) is 2.82. The molecule has 0 amide bonds. The van der Waals surface area contributed by atoms with Gasteiger partial charge in [0, 0.05) is 17.5 Å². The summed E-state index contributed by atoms with van der Waals surface area (Å²) >= 11 is 10.4. The Hall–Kier alpha value is 0.380. The number of alkyl halides is 1. The molecule has 0 radical (unpaired) electrons. The zero-order valence-corrected chi connectivity index (χ0v) is 14.6. The lowest BCUT2D eigenvalue weighted by molar-refractivity contribution is 0.342. The predicted octanol–water partition coefficient (Wildman–Crippen LogP) is 4.06. The Morgan fingerprint density at radius 1 is 1.50 bits per heavy atom. The lowest BCUT2D eigenvalue weighted by Crippen LogP contribution is -2.38. The standard InChI is InChI=1S/C11H17BrClNO2S2/c1-4-8(3)14(5-2)18(15,16)10-6-9(7-13)17-11(10)12/h6,8H,4-5,7H2,1-3H3. The molecule has 0 saturated heterocycles. The van der Waals surface area contributed by atoms with E-state index in [-0.39, 0.29) is 6.04 Å². The van der Waals surface area contributed by atoms with Crippen molar-refractivity contribution in [1.29, 1.82) is 0 Å². The van der Waals surface area contributed by atoms with Crippen molar-refractivity contribution in [2.75, 3.05) is 6.54 Å². The maximum absolute atomic E-state index is 12.6. The van der Waals surface area contributed by atoms with Gasteiger partial charge in [-0.15, -0.1) is 22.9 Å². The fourth-order valence-corrected chi connectivity index (χ4v) is 6.13. The van der Waals surface area contributed by atoms with Crippen LogP contribution in [-0.4, -0.2) is 25.3 Å². The average molecular weight is 375 g/mol. The van der Waals surface area contributed by atoms with E-state index in [1.54, 1.807) is 6.07 Å². The maximum Gasteiger partial charge on any atom is 0.245 e. The fourth-order valence-electron chi connectivity index (χ4n) is 1.69. The van der Waals surface area contributed by atoms with Crippen molar-refractivity contribution in [2.24, 2.45) is 0 Å². The summed E-state index contributed by atoms with van der Waals surface area (Å²) in [6.45, 7) is 6.22. The number of rotatable bonds is 6. The summed E-state index contributed by atoms with van der Waals surface area (Å²) in [5.41, 5.74) is 0. The van der Waals surface area contributed by atoms with Gasteiger partial charge in [0.15, 0.2) is 0 Å². The molecular weight excluding hydrogens is 358 g/mol. The molecule has 0 spiro atoms. The maximum atomic E-state index is 12.6. The second-order valence-electron chi connectivity index (χ2n) is 3.95. The summed E-state index contributed by atoms with van der Waals surface area (Å²) in [5, 5.41) is 0. The van der Waals surface area contributed by atoms with E-state index < -0.39 is 10.0 Å². The quantitative estimate of drug-likeness (QED) is 0.704. The lowest BCUT2D eigenvalue weighted by Gasteiger charge is -2.26. The minimum atomic E-state index is -3.44. The number of thiophene rings is 1. The van der Waals surface area contributed by atoms with E-state index in [1.165, 1.54) is 15.6 Å². The predicted molar refractivity (Wildman–Crippen MR) is 80.9 cm³/mol. The van der Waals surface area contributed by atoms with Gasteiger partial charge < -0.3 is 0 Å². The average Bonchev–Trinajstić information content (AvgIpc) is 2.71. The number of sulfonamides is 1. The normalized spacial score (nSPS) is 14.1. The van der Waals surface area contributed by atoms with Gasteiger partial charge in [0.1, 0.15) is 4.90 Å². The highest BCUT2D eigenvalue weighted by Gasteiger charge is 2.30. The third-order valence-corrected chi connectivity index (χ3v) is 7.61. The molecule has 1 unspecified atom stereocenters. The molecule has 0 saturated carbocycles. The summed E-state index contributed by atoms with van der Waals surface area (Å²) in [4.78, 5) is 1.17. The van der Waals surface area contributed by atoms with Crippen molar-refractivity contribution < 1.29 is 8.42 Å². The van der Waals surface area contributed by atoms with Gasteiger partial charge in [0.2, 0.25) is 10.0 Å². The van der Waals surface area contributed by atoms with Gasteiger partial charge in [0.05, 0.1) is 9.67 Å². The Labute approximate surface area is 126 Å². The highest BCUT2D eigenvalue weighted by atomic mass is 79.9. The topological polar surface area (TPSA) is 37.4 Å². The van der Waals surface area contributed by atoms with Crippen molar-refractivity contribution in [1.82, 2.24) is 4.31 Å². The molecule has 0 aliphatic rings. The fraction of sp³-hybridized carbons (Fsp3) is 0.636. The highest BCUT2D eigenvalue weighted by Crippen LogP contribution is 2.34. The first-order chi connectivity index (χ1) is 8.38. The third kappa shape index (κ3) is 3.28. The van der Waals surface area contributed by atoms with Gasteiger partial charge in [-0.05, 0) is 35.3 Å². The van der Waals surface area contributed by atoms with E-state index in [0.29, 0.717) is 21.1 Å². The van der Waals surface area contributed by atoms with Gasteiger partial charge in [-0.3, -0.25) is 0 Å². The highest BCUT2D eigenvalue weighted by molar-refractivity contribution is 9.11. The van der Waals surface area contributed by atoms with Gasteiger partial charge >= 0.3 is 0 Å². The molecule has 7 heteroatoms. The van der Waals surface area contributed by atoms with Crippen LogP contribution in [0.2, 0.25) is 0 Å². The molecule has 1 rings (SSSR count). The van der Waals surface area contributed by atoms with Gasteiger partial charge in [-0.1, -0.05) is 13.8 Å². The minimum Gasteiger partial charge on any atom is -0.207 e. The second-order valence-corrected chi connectivity index (χ2v) is 8.53. The summed E-state index contributed by atoms with van der Waals surface area (Å²) in [7, 11) is -3.44. The largest absolute Gasteiger partial charge is 0.245 e. The Morgan fingerprint density at radius 2 is 2.11 bits per heavy atom. The van der Waals surface area contributed by atoms with Crippen LogP contribution >= 0.6 is 38.9 Å². The number of hydrogen-bond acceptors (Lipinski definition) is 3. The van der Waals surface area contributed by atoms with E-state index >= 15 is 0 Å². The minimum absolute atomic E-state index is 0.00810. The molecule has 0 aliphatic heterocycles. The lowest BCUT2D eigenvalue weighted by atomic mass is 10.3. The Bertz CT molecular complexity index is 501. The number of hydrogen-bond donors (Lipinski definition) is 0. The molecule has 0 N–H and O–H groups in total. The molecule has 0 bridgehead atoms. The first-order valence-corrected chi connectivity index (χ1v) is 9.32. The van der Waals surface area contributed by atoms with Gasteiger partial charge in [-0.2, -0.15) is 4.31 Å². The Balaban J connectivity index is 3.22. The second kappa shape index (κ2) is 6.70. The molecular formula is C11H17BrClNO2S2. The van der Waals surface area contributed by atoms with E-state index in [1.807, 2.05) is 20.8 Å². The van der Waals surface area contributed by atoms with E-state index in [2.05, 4.69) is 15.9 Å². The Kier molecular flexibility index (Phi) is 6.12. The van der Waals surface area contributed by atoms with Crippen molar-refractivity contribution in [3.63, 3.8) is 0 Å². The van der Waals surface area contributed by atoms with Gasteiger partial charge in [-0.25, -0.2) is 8.42 Å². The first kappa shape index (κ1) is 16.4. The zero-order chi connectivity index (χ0) is 13.9. The summed E-state index contributed by atoms with van der Waals surface area (Å²) in [6, 6.07) is 1.65. The molecule has 0 fully saturated rings. The molecule has 1 heterocycles. The molecule has 104 valence electrons. The van der Waals surface area contributed by atoms with E-state index in [4.69, 9.17) is 11.6 Å². The van der Waals surface area contributed by atoms with Crippen LogP contribution < -0.4 is 0 Å². The van der Waals surface area contributed by atoms with E-state index in [9.17, 15) is 8.42 Å². The monoisotopic (exact) mass is 373 g/mol. The zero-order valence-electron chi connectivity index (χ0n) is 10.6. The summed E-state index contributed by atoms with van der Waals surface area (Å²) in [6.07, 6.45) is 0.789. The van der Waals surface area contributed by atoms with Crippen LogP contribution in [-0.2, 0) is 15.9 Å². The molecule has 1 atom stereocenters. The van der Waals surface area contributed by atoms with E-state index in [0.717, 1.165) is 11.3 Å². The smallest absolute Gasteiger partial charge is 0.207 e. The molecule has 1 aromatic rings.